The van der Waals surface area contributed by atoms with Gasteiger partial charge in [0.1, 0.15) is 0 Å². The average molecular weight is 291 g/mol. The quantitative estimate of drug-likeness (QED) is 0.794. The molecule has 0 saturated heterocycles. The van der Waals surface area contributed by atoms with Gasteiger partial charge < -0.3 is 16.2 Å². The van der Waals surface area contributed by atoms with Crippen molar-refractivity contribution in [2.24, 2.45) is 5.73 Å². The van der Waals surface area contributed by atoms with Crippen molar-refractivity contribution in [1.82, 2.24) is 0 Å². The fourth-order valence-electron chi connectivity index (χ4n) is 1.35. The number of nitrogens with two attached hydrogens (primary N) is 1. The zero-order valence-corrected chi connectivity index (χ0v) is 11.0. The second-order valence-corrected chi connectivity index (χ2v) is 4.69. The lowest BCUT2D eigenvalue weighted by Crippen LogP contribution is -2.24. The Morgan fingerprint density at radius 3 is 2.56 bits per heavy atom. The fourth-order valence-corrected chi connectivity index (χ4v) is 1.89. The lowest BCUT2D eigenvalue weighted by molar-refractivity contribution is -0.116. The van der Waals surface area contributed by atoms with Crippen LogP contribution < -0.4 is 11.1 Å². The number of carbonyl (C=O) groups is 2. The van der Waals surface area contributed by atoms with Gasteiger partial charge in [0, 0.05) is 17.5 Å². The van der Waals surface area contributed by atoms with E-state index >= 15 is 0 Å². The molecular weight excluding hydrogens is 279 g/mol. The molecule has 0 aliphatic carbocycles. The Balaban J connectivity index is 3.07. The number of carboxylic acids is 1. The van der Waals surface area contributed by atoms with Crippen molar-refractivity contribution in [2.45, 2.75) is 19.4 Å². The number of amides is 1. The molecule has 0 aromatic heterocycles. The molecule has 0 bridgehead atoms. The molecule has 0 fully saturated rings. The van der Waals surface area contributed by atoms with Crippen molar-refractivity contribution in [2.75, 3.05) is 5.32 Å². The smallest absolute Gasteiger partial charge is 0.337 e. The van der Waals surface area contributed by atoms with Crippen LogP contribution in [0.25, 0.3) is 0 Å². The largest absolute Gasteiger partial charge is 0.478 e. The lowest BCUT2D eigenvalue weighted by atomic mass is 10.1. The summed E-state index contributed by atoms with van der Waals surface area (Å²) in [5, 5.41) is 11.7. The van der Waals surface area contributed by atoms with Crippen LogP contribution in [0.4, 0.5) is 5.69 Å². The van der Waals surface area contributed by atoms with Crippen molar-refractivity contribution in [1.29, 1.82) is 0 Å². The maximum absolute atomic E-state index is 11.6. The summed E-state index contributed by atoms with van der Waals surface area (Å²) in [5.41, 5.74) is 5.34. The summed E-state index contributed by atoms with van der Waals surface area (Å²) >= 11 is 11.6. The topological polar surface area (TPSA) is 92.4 Å². The number of carboxylic acid groups (broad SMARTS) is 1. The third kappa shape index (κ3) is 3.87. The van der Waals surface area contributed by atoms with Gasteiger partial charge in [-0.1, -0.05) is 23.2 Å². The molecule has 1 aromatic carbocycles. The van der Waals surface area contributed by atoms with E-state index in [1.54, 1.807) is 6.92 Å². The maximum atomic E-state index is 11.6. The number of halogens is 2. The summed E-state index contributed by atoms with van der Waals surface area (Å²) in [6.07, 6.45) is 0.0675. The molecule has 0 spiro atoms. The van der Waals surface area contributed by atoms with Gasteiger partial charge in [-0.3, -0.25) is 4.79 Å². The van der Waals surface area contributed by atoms with Crippen LogP contribution in [-0.2, 0) is 4.79 Å². The number of anilines is 1. The predicted octanol–water partition coefficient (Wildman–Crippen LogP) is 2.37. The first-order valence-corrected chi connectivity index (χ1v) is 5.84. The molecule has 0 saturated carbocycles. The highest BCUT2D eigenvalue weighted by molar-refractivity contribution is 6.37. The molecule has 4 N–H and O–H groups in total. The number of rotatable bonds is 4. The molecule has 1 unspecified atom stereocenters. The molecule has 1 atom stereocenters. The Morgan fingerprint density at radius 2 is 2.06 bits per heavy atom. The molecule has 1 amide bonds. The monoisotopic (exact) mass is 290 g/mol. The summed E-state index contributed by atoms with van der Waals surface area (Å²) in [5.74, 6) is -1.63. The van der Waals surface area contributed by atoms with E-state index < -0.39 is 11.9 Å². The van der Waals surface area contributed by atoms with Gasteiger partial charge in [0.2, 0.25) is 5.91 Å². The minimum Gasteiger partial charge on any atom is -0.478 e. The maximum Gasteiger partial charge on any atom is 0.337 e. The SMILES string of the molecule is CC(N)CC(=O)Nc1c(Cl)cc(Cl)cc1C(=O)O. The van der Waals surface area contributed by atoms with E-state index in [1.165, 1.54) is 12.1 Å². The molecule has 0 aliphatic heterocycles. The molecule has 1 aromatic rings. The summed E-state index contributed by atoms with van der Waals surface area (Å²) in [4.78, 5) is 22.6. The van der Waals surface area contributed by atoms with Crippen LogP contribution in [-0.4, -0.2) is 23.0 Å². The van der Waals surface area contributed by atoms with Gasteiger partial charge in [-0.2, -0.15) is 0 Å². The first-order valence-electron chi connectivity index (χ1n) is 5.09. The molecule has 1 rings (SSSR count). The number of nitrogens with one attached hydrogen (secondary N) is 1. The fraction of sp³-hybridized carbons (Fsp3) is 0.273. The third-order valence-electron chi connectivity index (χ3n) is 2.06. The highest BCUT2D eigenvalue weighted by Gasteiger charge is 2.17. The van der Waals surface area contributed by atoms with E-state index in [9.17, 15) is 9.59 Å². The second kappa shape index (κ2) is 6.04. The van der Waals surface area contributed by atoms with Gasteiger partial charge in [0.25, 0.3) is 0 Å². The first kappa shape index (κ1) is 14.8. The number of carbonyl (C=O) groups excluding carboxylic acids is 1. The number of hydrogen-bond donors (Lipinski definition) is 3. The summed E-state index contributed by atoms with van der Waals surface area (Å²) < 4.78 is 0. The Hall–Kier alpha value is -1.30. The van der Waals surface area contributed by atoms with Crippen molar-refractivity contribution in [3.05, 3.63) is 27.7 Å². The third-order valence-corrected chi connectivity index (χ3v) is 2.57. The van der Waals surface area contributed by atoms with Crippen molar-refractivity contribution in [3.8, 4) is 0 Å². The molecule has 5 nitrogen and oxygen atoms in total. The minimum atomic E-state index is -1.23. The van der Waals surface area contributed by atoms with Crippen molar-refractivity contribution < 1.29 is 14.7 Å². The molecule has 98 valence electrons. The van der Waals surface area contributed by atoms with Gasteiger partial charge in [0.05, 0.1) is 16.3 Å². The van der Waals surface area contributed by atoms with Crippen LogP contribution in [0.2, 0.25) is 10.0 Å². The second-order valence-electron chi connectivity index (χ2n) is 3.84. The Kier molecular flexibility index (Phi) is 4.95. The number of benzene rings is 1. The molecule has 0 heterocycles. The van der Waals surface area contributed by atoms with Crippen LogP contribution in [0.15, 0.2) is 12.1 Å². The van der Waals surface area contributed by atoms with Crippen LogP contribution in [0.3, 0.4) is 0 Å². The molecule has 0 aliphatic rings. The van der Waals surface area contributed by atoms with Crippen molar-refractivity contribution >= 4 is 40.8 Å². The van der Waals surface area contributed by atoms with Crippen LogP contribution >= 0.6 is 23.2 Å². The first-order chi connectivity index (χ1) is 8.31. The number of aromatic carboxylic acids is 1. The predicted molar refractivity (Wildman–Crippen MR) is 70.3 cm³/mol. The molecular formula is C11H12Cl2N2O3. The van der Waals surface area contributed by atoms with Gasteiger partial charge in [-0.15, -0.1) is 0 Å². The van der Waals surface area contributed by atoms with E-state index in [0.717, 1.165) is 0 Å². The summed E-state index contributed by atoms with van der Waals surface area (Å²) in [6.45, 7) is 1.67. The van der Waals surface area contributed by atoms with E-state index in [0.29, 0.717) is 0 Å². The van der Waals surface area contributed by atoms with E-state index in [1.807, 2.05) is 0 Å². The highest BCUT2D eigenvalue weighted by Crippen LogP contribution is 2.30. The highest BCUT2D eigenvalue weighted by atomic mass is 35.5. The van der Waals surface area contributed by atoms with Gasteiger partial charge >= 0.3 is 5.97 Å². The van der Waals surface area contributed by atoms with Crippen LogP contribution in [0.1, 0.15) is 23.7 Å². The Morgan fingerprint density at radius 1 is 1.44 bits per heavy atom. The number of hydrogen-bond acceptors (Lipinski definition) is 3. The van der Waals surface area contributed by atoms with Gasteiger partial charge in [-0.25, -0.2) is 4.79 Å². The van der Waals surface area contributed by atoms with Gasteiger partial charge in [0.15, 0.2) is 0 Å². The van der Waals surface area contributed by atoms with E-state index in [4.69, 9.17) is 34.0 Å². The lowest BCUT2D eigenvalue weighted by Gasteiger charge is -2.12. The minimum absolute atomic E-state index is 0.0271. The molecule has 0 radical (unpaired) electrons. The van der Waals surface area contributed by atoms with Gasteiger partial charge in [-0.05, 0) is 19.1 Å². The normalized spacial score (nSPS) is 12.0. The average Bonchev–Trinajstić information content (AvgIpc) is 2.20. The van der Waals surface area contributed by atoms with E-state index in [2.05, 4.69) is 5.32 Å². The Bertz CT molecular complexity index is 489. The Labute approximate surface area is 114 Å². The van der Waals surface area contributed by atoms with Crippen LogP contribution in [0, 0.1) is 0 Å². The molecule has 18 heavy (non-hydrogen) atoms. The molecule has 7 heteroatoms. The van der Waals surface area contributed by atoms with E-state index in [-0.39, 0.29) is 33.8 Å². The zero-order chi connectivity index (χ0) is 13.9. The van der Waals surface area contributed by atoms with Crippen molar-refractivity contribution in [3.63, 3.8) is 0 Å². The summed E-state index contributed by atoms with van der Waals surface area (Å²) in [7, 11) is 0. The summed E-state index contributed by atoms with van der Waals surface area (Å²) in [6, 6.07) is 2.25. The zero-order valence-electron chi connectivity index (χ0n) is 9.54. The van der Waals surface area contributed by atoms with Crippen LogP contribution in [0.5, 0.6) is 0 Å². The standard InChI is InChI=1S/C11H12Cl2N2O3/c1-5(14)2-9(16)15-10-7(11(17)18)3-6(12)4-8(10)13/h3-5H,2,14H2,1H3,(H,15,16)(H,17,18).